The summed E-state index contributed by atoms with van der Waals surface area (Å²) in [5.41, 5.74) is 1.18. The van der Waals surface area contributed by atoms with E-state index in [0.717, 1.165) is 19.4 Å². The first-order valence-electron chi connectivity index (χ1n) is 7.29. The molecule has 0 radical (unpaired) electrons. The van der Waals surface area contributed by atoms with Crippen LogP contribution in [0.5, 0.6) is 0 Å². The van der Waals surface area contributed by atoms with Crippen LogP contribution in [0.25, 0.3) is 0 Å². The van der Waals surface area contributed by atoms with Crippen LogP contribution in [-0.2, 0) is 15.8 Å². The number of hydrogen-bond acceptors (Lipinski definition) is 4. The summed E-state index contributed by atoms with van der Waals surface area (Å²) in [6, 6.07) is 9.18. The molecule has 5 nitrogen and oxygen atoms in total. The predicted molar refractivity (Wildman–Crippen MR) is 79.9 cm³/mol. The van der Waals surface area contributed by atoms with Crippen LogP contribution < -0.4 is 5.32 Å². The Bertz CT molecular complexity index is 652. The minimum atomic E-state index is -3.31. The Kier molecular flexibility index (Phi) is 3.98. The van der Waals surface area contributed by atoms with Gasteiger partial charge in [0.2, 0.25) is 10.0 Å². The lowest BCUT2D eigenvalue weighted by atomic mass is 9.94. The molecule has 1 aromatic rings. The fourth-order valence-electron chi connectivity index (χ4n) is 3.27. The van der Waals surface area contributed by atoms with E-state index in [1.165, 1.54) is 0 Å². The number of fused-ring (bicyclic) bond motifs is 1. The van der Waals surface area contributed by atoms with Gasteiger partial charge in [-0.25, -0.2) is 8.42 Å². The van der Waals surface area contributed by atoms with Gasteiger partial charge in [-0.05, 0) is 43.0 Å². The van der Waals surface area contributed by atoms with Crippen LogP contribution in [0.2, 0.25) is 0 Å². The molecule has 2 saturated heterocycles. The zero-order valence-corrected chi connectivity index (χ0v) is 12.6. The Balaban J connectivity index is 1.73. The van der Waals surface area contributed by atoms with Crippen molar-refractivity contribution < 1.29 is 8.42 Å². The molecule has 0 aromatic heterocycles. The fourth-order valence-corrected chi connectivity index (χ4v) is 4.86. The molecule has 2 heterocycles. The number of nitrogens with one attached hydrogen (secondary N) is 1. The molecular weight excluding hydrogens is 286 g/mol. The highest BCUT2D eigenvalue weighted by atomic mass is 32.2. The normalized spacial score (nSPS) is 26.2. The molecule has 0 spiro atoms. The zero-order chi connectivity index (χ0) is 14.9. The molecule has 2 fully saturated rings. The summed E-state index contributed by atoms with van der Waals surface area (Å²) in [6.07, 6.45) is 2.23. The van der Waals surface area contributed by atoms with E-state index in [4.69, 9.17) is 5.26 Å². The molecule has 21 heavy (non-hydrogen) atoms. The Morgan fingerprint density at radius 1 is 1.38 bits per heavy atom. The number of sulfonamides is 1. The minimum Gasteiger partial charge on any atom is -0.312 e. The summed E-state index contributed by atoms with van der Waals surface area (Å²) in [5, 5.41) is 12.3. The summed E-state index contributed by atoms with van der Waals surface area (Å²) >= 11 is 0. The molecule has 112 valence electrons. The second kappa shape index (κ2) is 5.76. The average Bonchev–Trinajstić information content (AvgIpc) is 2.92. The van der Waals surface area contributed by atoms with Gasteiger partial charge >= 0.3 is 0 Å². The second-order valence-corrected chi connectivity index (χ2v) is 7.82. The van der Waals surface area contributed by atoms with Crippen molar-refractivity contribution in [1.29, 1.82) is 5.26 Å². The minimum absolute atomic E-state index is 0.0258. The van der Waals surface area contributed by atoms with Crippen molar-refractivity contribution in [2.75, 3.05) is 19.6 Å². The van der Waals surface area contributed by atoms with Crippen LogP contribution in [0.1, 0.15) is 24.0 Å². The van der Waals surface area contributed by atoms with E-state index in [2.05, 4.69) is 5.32 Å². The number of benzene rings is 1. The first-order chi connectivity index (χ1) is 10.1. The lowest BCUT2D eigenvalue weighted by Crippen LogP contribution is -2.41. The lowest BCUT2D eigenvalue weighted by Gasteiger charge is -2.24. The summed E-state index contributed by atoms with van der Waals surface area (Å²) in [6.45, 7) is 2.18. The van der Waals surface area contributed by atoms with Crippen molar-refractivity contribution in [3.63, 3.8) is 0 Å². The quantitative estimate of drug-likeness (QED) is 0.906. The van der Waals surface area contributed by atoms with Crippen LogP contribution in [0, 0.1) is 17.2 Å². The topological polar surface area (TPSA) is 73.2 Å². The van der Waals surface area contributed by atoms with Crippen LogP contribution >= 0.6 is 0 Å². The maximum atomic E-state index is 12.6. The molecule has 2 aliphatic heterocycles. The van der Waals surface area contributed by atoms with E-state index < -0.39 is 10.0 Å². The Hall–Kier alpha value is -1.42. The van der Waals surface area contributed by atoms with Crippen molar-refractivity contribution >= 4 is 10.0 Å². The van der Waals surface area contributed by atoms with Crippen LogP contribution in [0.15, 0.2) is 24.3 Å². The molecule has 1 aromatic carbocycles. The van der Waals surface area contributed by atoms with Crippen molar-refractivity contribution in [1.82, 2.24) is 9.62 Å². The summed E-state index contributed by atoms with van der Waals surface area (Å²) in [7, 11) is -3.31. The van der Waals surface area contributed by atoms with Gasteiger partial charge in [-0.3, -0.25) is 0 Å². The van der Waals surface area contributed by atoms with Gasteiger partial charge in [0.25, 0.3) is 0 Å². The second-order valence-electron chi connectivity index (χ2n) is 5.85. The molecule has 0 amide bonds. The number of nitrogens with zero attached hydrogens (tertiary/aromatic N) is 2. The molecule has 2 aliphatic rings. The number of hydrogen-bond donors (Lipinski definition) is 1. The first-order valence-corrected chi connectivity index (χ1v) is 8.90. The van der Waals surface area contributed by atoms with Crippen molar-refractivity contribution in [3.8, 4) is 6.07 Å². The van der Waals surface area contributed by atoms with E-state index in [-0.39, 0.29) is 5.75 Å². The van der Waals surface area contributed by atoms with Gasteiger partial charge < -0.3 is 5.32 Å². The SMILES string of the molecule is N#Cc1cccc(CS(=O)(=O)N2C[C@@H]3CCCN[C@@H]3C2)c1. The third-order valence-electron chi connectivity index (χ3n) is 4.36. The highest BCUT2D eigenvalue weighted by molar-refractivity contribution is 7.88. The molecule has 0 saturated carbocycles. The van der Waals surface area contributed by atoms with E-state index in [9.17, 15) is 8.42 Å². The smallest absolute Gasteiger partial charge is 0.218 e. The standard InChI is InChI=1S/C15H19N3O2S/c16-8-12-3-1-4-13(7-12)11-21(19,20)18-9-14-5-2-6-17-15(14)10-18/h1,3-4,7,14-15,17H,2,5-6,9-11H2/t14-,15+/m0/s1. The van der Waals surface area contributed by atoms with Gasteiger partial charge in [0.05, 0.1) is 17.4 Å². The van der Waals surface area contributed by atoms with Gasteiger partial charge in [0.1, 0.15) is 0 Å². The van der Waals surface area contributed by atoms with Crippen molar-refractivity contribution in [3.05, 3.63) is 35.4 Å². The molecule has 1 N–H and O–H groups in total. The average molecular weight is 305 g/mol. The fraction of sp³-hybridized carbons (Fsp3) is 0.533. The predicted octanol–water partition coefficient (Wildman–Crippen LogP) is 1.07. The molecular formula is C15H19N3O2S. The maximum Gasteiger partial charge on any atom is 0.218 e. The van der Waals surface area contributed by atoms with Gasteiger partial charge in [-0.1, -0.05) is 12.1 Å². The number of rotatable bonds is 3. The third-order valence-corrected chi connectivity index (χ3v) is 6.15. The van der Waals surface area contributed by atoms with E-state index in [1.807, 2.05) is 6.07 Å². The third kappa shape index (κ3) is 3.10. The maximum absolute atomic E-state index is 12.6. The van der Waals surface area contributed by atoms with Gasteiger partial charge in [-0.15, -0.1) is 0 Å². The first kappa shape index (κ1) is 14.5. The molecule has 0 bridgehead atoms. The number of piperidine rings is 1. The molecule has 6 heteroatoms. The summed E-state index contributed by atoms with van der Waals surface area (Å²) < 4.78 is 26.7. The van der Waals surface area contributed by atoms with E-state index >= 15 is 0 Å². The lowest BCUT2D eigenvalue weighted by molar-refractivity contribution is 0.339. The van der Waals surface area contributed by atoms with Gasteiger partial charge in [0.15, 0.2) is 0 Å². The van der Waals surface area contributed by atoms with Crippen LogP contribution in [0.3, 0.4) is 0 Å². The molecule has 0 unspecified atom stereocenters. The van der Waals surface area contributed by atoms with E-state index in [0.29, 0.717) is 36.2 Å². The summed E-state index contributed by atoms with van der Waals surface area (Å²) in [5.74, 6) is 0.418. The largest absolute Gasteiger partial charge is 0.312 e. The van der Waals surface area contributed by atoms with Gasteiger partial charge in [0, 0.05) is 19.1 Å². The summed E-state index contributed by atoms with van der Waals surface area (Å²) in [4.78, 5) is 0. The van der Waals surface area contributed by atoms with Gasteiger partial charge in [-0.2, -0.15) is 9.57 Å². The highest BCUT2D eigenvalue weighted by Crippen LogP contribution is 2.28. The Morgan fingerprint density at radius 2 is 2.24 bits per heavy atom. The zero-order valence-electron chi connectivity index (χ0n) is 11.8. The molecule has 2 atom stereocenters. The van der Waals surface area contributed by atoms with Crippen LogP contribution in [-0.4, -0.2) is 38.4 Å². The molecule has 3 rings (SSSR count). The van der Waals surface area contributed by atoms with Crippen molar-refractivity contribution in [2.45, 2.75) is 24.6 Å². The number of nitriles is 1. The molecule has 0 aliphatic carbocycles. The van der Waals surface area contributed by atoms with E-state index in [1.54, 1.807) is 28.6 Å². The van der Waals surface area contributed by atoms with Crippen LogP contribution in [0.4, 0.5) is 0 Å². The highest BCUT2D eigenvalue weighted by Gasteiger charge is 2.39. The Morgan fingerprint density at radius 3 is 3.00 bits per heavy atom. The monoisotopic (exact) mass is 305 g/mol. The Labute approximate surface area is 125 Å². The van der Waals surface area contributed by atoms with Crippen molar-refractivity contribution in [2.24, 2.45) is 5.92 Å².